The fraction of sp³-hybridized carbons (Fsp3) is 0.300. The zero-order valence-corrected chi connectivity index (χ0v) is 9.76. The van der Waals surface area contributed by atoms with Crippen LogP contribution in [0.1, 0.15) is 0 Å². The zero-order chi connectivity index (χ0) is 11.7. The van der Waals surface area contributed by atoms with Crippen LogP contribution in [0.15, 0.2) is 29.4 Å². The third-order valence-corrected chi connectivity index (χ3v) is 3.68. The number of phenolic OH excluding ortho intramolecular Hbond substituents is 1. The van der Waals surface area contributed by atoms with E-state index in [-0.39, 0.29) is 5.75 Å². The molecule has 0 bridgehead atoms. The molecule has 3 rings (SSSR count). The highest BCUT2D eigenvalue weighted by Crippen LogP contribution is 2.25. The predicted octanol–water partition coefficient (Wildman–Crippen LogP) is 0.432. The Morgan fingerprint density at radius 1 is 1.29 bits per heavy atom. The number of tetrazole rings is 1. The number of aromatic nitrogens is 4. The number of hydrogen-bond acceptors (Lipinski definition) is 6. The van der Waals surface area contributed by atoms with Gasteiger partial charge in [0.25, 0.3) is 0 Å². The molecule has 0 radical (unpaired) electrons. The molecule has 1 aliphatic rings. The summed E-state index contributed by atoms with van der Waals surface area (Å²) in [6.07, 6.45) is 0. The lowest BCUT2D eigenvalue weighted by atomic mass is 10.3. The Kier molecular flexibility index (Phi) is 2.69. The predicted molar refractivity (Wildman–Crippen MR) is 63.3 cm³/mol. The fourth-order valence-electron chi connectivity index (χ4n) is 1.50. The summed E-state index contributed by atoms with van der Waals surface area (Å²) >= 11 is 1.66. The van der Waals surface area contributed by atoms with Gasteiger partial charge in [-0.15, -0.1) is 5.10 Å². The third-order valence-electron chi connectivity index (χ3n) is 2.55. The second-order valence-corrected chi connectivity index (χ2v) is 5.06. The van der Waals surface area contributed by atoms with E-state index >= 15 is 0 Å². The van der Waals surface area contributed by atoms with E-state index < -0.39 is 0 Å². The SMILES string of the molecule is Oc1ccc(-n2nnnc2SC2CNC2)cc1. The lowest BCUT2D eigenvalue weighted by Crippen LogP contribution is -2.44. The largest absolute Gasteiger partial charge is 0.508 e. The third kappa shape index (κ3) is 2.11. The van der Waals surface area contributed by atoms with Crippen LogP contribution >= 0.6 is 11.8 Å². The van der Waals surface area contributed by atoms with Crippen LogP contribution in [0.4, 0.5) is 0 Å². The van der Waals surface area contributed by atoms with Crippen LogP contribution in [0.3, 0.4) is 0 Å². The van der Waals surface area contributed by atoms with Gasteiger partial charge in [0, 0.05) is 18.3 Å². The number of rotatable bonds is 3. The maximum absolute atomic E-state index is 9.24. The molecule has 88 valence electrons. The minimum Gasteiger partial charge on any atom is -0.508 e. The molecule has 2 heterocycles. The molecule has 0 amide bonds. The Morgan fingerprint density at radius 2 is 2.06 bits per heavy atom. The number of benzene rings is 1. The first-order chi connectivity index (χ1) is 8.33. The quantitative estimate of drug-likeness (QED) is 0.821. The summed E-state index contributed by atoms with van der Waals surface area (Å²) in [7, 11) is 0. The van der Waals surface area contributed by atoms with Crippen LogP contribution < -0.4 is 5.32 Å². The first kappa shape index (κ1) is 10.5. The van der Waals surface area contributed by atoms with Crippen molar-refractivity contribution in [2.75, 3.05) is 13.1 Å². The minimum atomic E-state index is 0.235. The molecule has 7 heteroatoms. The number of hydrogen-bond donors (Lipinski definition) is 2. The van der Waals surface area contributed by atoms with Crippen molar-refractivity contribution in [1.82, 2.24) is 25.5 Å². The van der Waals surface area contributed by atoms with Gasteiger partial charge < -0.3 is 10.4 Å². The molecule has 0 atom stereocenters. The van der Waals surface area contributed by atoms with Crippen molar-refractivity contribution < 1.29 is 5.11 Å². The molecule has 1 aromatic carbocycles. The van der Waals surface area contributed by atoms with Gasteiger partial charge in [-0.05, 0) is 34.7 Å². The van der Waals surface area contributed by atoms with E-state index in [0.29, 0.717) is 5.25 Å². The first-order valence-corrected chi connectivity index (χ1v) is 6.16. The van der Waals surface area contributed by atoms with Crippen LogP contribution in [0.5, 0.6) is 5.75 Å². The normalized spacial score (nSPS) is 15.8. The standard InChI is InChI=1S/C10H11N5OS/c16-8-3-1-7(2-4-8)15-10(12-13-14-15)17-9-5-11-6-9/h1-4,9,11,16H,5-6H2. The second-order valence-electron chi connectivity index (χ2n) is 3.79. The summed E-state index contributed by atoms with van der Waals surface area (Å²) in [6.45, 7) is 1.99. The monoisotopic (exact) mass is 249 g/mol. The van der Waals surface area contributed by atoms with Crippen LogP contribution in [0.25, 0.3) is 5.69 Å². The van der Waals surface area contributed by atoms with E-state index in [1.54, 1.807) is 40.7 Å². The molecule has 0 saturated carbocycles. The first-order valence-electron chi connectivity index (χ1n) is 5.28. The van der Waals surface area contributed by atoms with Crippen molar-refractivity contribution in [3.05, 3.63) is 24.3 Å². The van der Waals surface area contributed by atoms with Crippen molar-refractivity contribution in [1.29, 1.82) is 0 Å². The van der Waals surface area contributed by atoms with Gasteiger partial charge in [0.1, 0.15) is 5.75 Å². The van der Waals surface area contributed by atoms with Gasteiger partial charge in [0.2, 0.25) is 5.16 Å². The van der Waals surface area contributed by atoms with Crippen molar-refractivity contribution in [3.8, 4) is 11.4 Å². The molecule has 6 nitrogen and oxygen atoms in total. The molecular weight excluding hydrogens is 238 g/mol. The molecule has 1 aromatic heterocycles. The molecule has 17 heavy (non-hydrogen) atoms. The average Bonchev–Trinajstić information content (AvgIpc) is 2.73. The number of aromatic hydroxyl groups is 1. The minimum absolute atomic E-state index is 0.235. The smallest absolute Gasteiger partial charge is 0.214 e. The van der Waals surface area contributed by atoms with Gasteiger partial charge in [0.05, 0.1) is 5.69 Å². The van der Waals surface area contributed by atoms with Crippen molar-refractivity contribution >= 4 is 11.8 Å². The Balaban J connectivity index is 1.86. The summed E-state index contributed by atoms with van der Waals surface area (Å²) < 4.78 is 1.68. The molecular formula is C10H11N5OS. The molecule has 0 spiro atoms. The average molecular weight is 249 g/mol. The van der Waals surface area contributed by atoms with E-state index in [2.05, 4.69) is 20.8 Å². The highest BCUT2D eigenvalue weighted by molar-refractivity contribution is 7.99. The lowest BCUT2D eigenvalue weighted by molar-refractivity contribution is 0.475. The molecule has 1 saturated heterocycles. The number of phenols is 1. The summed E-state index contributed by atoms with van der Waals surface area (Å²) in [5.74, 6) is 0.235. The summed E-state index contributed by atoms with van der Waals surface area (Å²) in [6, 6.07) is 6.82. The van der Waals surface area contributed by atoms with Crippen LogP contribution in [0.2, 0.25) is 0 Å². The highest BCUT2D eigenvalue weighted by atomic mass is 32.2. The van der Waals surface area contributed by atoms with Gasteiger partial charge >= 0.3 is 0 Å². The van der Waals surface area contributed by atoms with Gasteiger partial charge in [0.15, 0.2) is 0 Å². The Hall–Kier alpha value is -1.60. The van der Waals surface area contributed by atoms with Crippen molar-refractivity contribution in [2.45, 2.75) is 10.4 Å². The Labute approximate surface area is 102 Å². The Bertz CT molecular complexity index is 508. The fourth-order valence-corrected chi connectivity index (χ4v) is 2.53. The molecule has 0 aliphatic carbocycles. The second kappa shape index (κ2) is 4.34. The summed E-state index contributed by atoms with van der Waals surface area (Å²) in [5.41, 5.74) is 0.850. The van der Waals surface area contributed by atoms with Gasteiger partial charge in [-0.25, -0.2) is 0 Å². The summed E-state index contributed by atoms with van der Waals surface area (Å²) in [4.78, 5) is 0. The maximum Gasteiger partial charge on any atom is 0.214 e. The lowest BCUT2D eigenvalue weighted by Gasteiger charge is -2.25. The van der Waals surface area contributed by atoms with Crippen molar-refractivity contribution in [3.63, 3.8) is 0 Å². The van der Waals surface area contributed by atoms with Crippen LogP contribution in [-0.4, -0.2) is 43.7 Å². The maximum atomic E-state index is 9.24. The van der Waals surface area contributed by atoms with E-state index in [4.69, 9.17) is 0 Å². The van der Waals surface area contributed by atoms with E-state index in [9.17, 15) is 5.11 Å². The molecule has 0 unspecified atom stereocenters. The highest BCUT2D eigenvalue weighted by Gasteiger charge is 2.21. The molecule has 1 fully saturated rings. The van der Waals surface area contributed by atoms with Crippen molar-refractivity contribution in [2.24, 2.45) is 0 Å². The van der Waals surface area contributed by atoms with Crippen LogP contribution in [-0.2, 0) is 0 Å². The number of thioether (sulfide) groups is 1. The van der Waals surface area contributed by atoms with Gasteiger partial charge in [-0.1, -0.05) is 11.8 Å². The van der Waals surface area contributed by atoms with Gasteiger partial charge in [-0.3, -0.25) is 0 Å². The zero-order valence-electron chi connectivity index (χ0n) is 8.95. The molecule has 2 aromatic rings. The number of nitrogens with one attached hydrogen (secondary N) is 1. The van der Waals surface area contributed by atoms with E-state index in [0.717, 1.165) is 23.9 Å². The van der Waals surface area contributed by atoms with E-state index in [1.807, 2.05) is 0 Å². The molecule has 1 aliphatic heterocycles. The molecule has 2 N–H and O–H groups in total. The topological polar surface area (TPSA) is 75.9 Å². The summed E-state index contributed by atoms with van der Waals surface area (Å²) in [5, 5.41) is 25.4. The Morgan fingerprint density at radius 3 is 2.71 bits per heavy atom. The number of nitrogens with zero attached hydrogens (tertiary/aromatic N) is 4. The van der Waals surface area contributed by atoms with E-state index in [1.165, 1.54) is 0 Å². The van der Waals surface area contributed by atoms with Crippen LogP contribution in [0, 0.1) is 0 Å². The van der Waals surface area contributed by atoms with Gasteiger partial charge in [-0.2, -0.15) is 4.68 Å².